The minimum absolute atomic E-state index is 0.0592. The zero-order valence-electron chi connectivity index (χ0n) is 20.1. The first kappa shape index (κ1) is 29.4. The van der Waals surface area contributed by atoms with E-state index < -0.39 is 0 Å². The van der Waals surface area contributed by atoms with Crippen LogP contribution < -0.4 is 11.1 Å². The molecule has 0 fully saturated rings. The number of hydrogen-bond acceptors (Lipinski definition) is 4. The van der Waals surface area contributed by atoms with Gasteiger partial charge < -0.3 is 20.9 Å². The van der Waals surface area contributed by atoms with E-state index in [-0.39, 0.29) is 24.6 Å². The van der Waals surface area contributed by atoms with Gasteiger partial charge in [-0.15, -0.1) is 0 Å². The summed E-state index contributed by atoms with van der Waals surface area (Å²) in [5.74, 6) is 0.184. The highest BCUT2D eigenvalue weighted by atomic mass is 16.5. The Kier molecular flexibility index (Phi) is 22.5. The first-order chi connectivity index (χ1) is 14.6. The number of carbonyl (C=O) groups is 1. The topological polar surface area (TPSA) is 84.6 Å². The van der Waals surface area contributed by atoms with Crippen LogP contribution in [0.3, 0.4) is 0 Å². The van der Waals surface area contributed by atoms with Crippen molar-refractivity contribution < 1.29 is 14.6 Å². The van der Waals surface area contributed by atoms with Crippen LogP contribution in [-0.2, 0) is 9.53 Å². The third-order valence-electron chi connectivity index (χ3n) is 5.71. The summed E-state index contributed by atoms with van der Waals surface area (Å²) in [7, 11) is 0. The number of nitrogens with two attached hydrogens (primary N) is 1. The standard InChI is InChI=1S/C25H52N2O3/c1-3-5-7-9-10-11-12-14-16-18-25(29)27-24(17-15-13-8-6-4-2)19-20-30-22-23(26)21-28/h23-24,28H,3-22,26H2,1-2H3,(H,27,29)/t23-,24-/m0/s1. The minimum atomic E-state index is -0.321. The Labute approximate surface area is 186 Å². The van der Waals surface area contributed by atoms with Crippen molar-refractivity contribution in [1.82, 2.24) is 5.32 Å². The molecule has 0 saturated carbocycles. The van der Waals surface area contributed by atoms with E-state index in [0.717, 1.165) is 32.1 Å². The highest BCUT2D eigenvalue weighted by Crippen LogP contribution is 2.12. The lowest BCUT2D eigenvalue weighted by molar-refractivity contribution is -0.122. The molecule has 4 N–H and O–H groups in total. The van der Waals surface area contributed by atoms with Crippen LogP contribution in [-0.4, -0.2) is 42.9 Å². The van der Waals surface area contributed by atoms with Gasteiger partial charge in [-0.1, -0.05) is 97.3 Å². The van der Waals surface area contributed by atoms with E-state index in [1.807, 2.05) is 0 Å². The fourth-order valence-electron chi connectivity index (χ4n) is 3.69. The maximum absolute atomic E-state index is 12.4. The largest absolute Gasteiger partial charge is 0.395 e. The second-order valence-electron chi connectivity index (χ2n) is 8.85. The molecule has 0 aliphatic rings. The molecule has 5 heteroatoms. The molecule has 0 bridgehead atoms. The monoisotopic (exact) mass is 428 g/mol. The normalized spacial score (nSPS) is 13.3. The van der Waals surface area contributed by atoms with E-state index in [2.05, 4.69) is 19.2 Å². The average molecular weight is 429 g/mol. The van der Waals surface area contributed by atoms with Crippen LogP contribution in [0.15, 0.2) is 0 Å². The number of carbonyl (C=O) groups excluding carboxylic acids is 1. The number of nitrogens with one attached hydrogen (secondary N) is 1. The van der Waals surface area contributed by atoms with Gasteiger partial charge in [0.15, 0.2) is 0 Å². The van der Waals surface area contributed by atoms with E-state index in [4.69, 9.17) is 15.6 Å². The smallest absolute Gasteiger partial charge is 0.220 e. The van der Waals surface area contributed by atoms with Crippen molar-refractivity contribution in [3.05, 3.63) is 0 Å². The third-order valence-corrected chi connectivity index (χ3v) is 5.71. The summed E-state index contributed by atoms with van der Waals surface area (Å²) in [5, 5.41) is 12.2. The van der Waals surface area contributed by atoms with Crippen molar-refractivity contribution in [1.29, 1.82) is 0 Å². The van der Waals surface area contributed by atoms with Crippen molar-refractivity contribution in [3.8, 4) is 0 Å². The Hall–Kier alpha value is -0.650. The molecule has 0 aromatic rings. The van der Waals surface area contributed by atoms with Crippen LogP contribution in [0, 0.1) is 0 Å². The van der Waals surface area contributed by atoms with Crippen molar-refractivity contribution in [3.63, 3.8) is 0 Å². The van der Waals surface area contributed by atoms with Gasteiger partial charge >= 0.3 is 0 Å². The summed E-state index contributed by atoms with van der Waals surface area (Å²) < 4.78 is 5.57. The highest BCUT2D eigenvalue weighted by Gasteiger charge is 2.12. The van der Waals surface area contributed by atoms with E-state index in [9.17, 15) is 4.79 Å². The number of amides is 1. The number of aliphatic hydroxyl groups is 1. The van der Waals surface area contributed by atoms with Gasteiger partial charge in [0.25, 0.3) is 0 Å². The van der Waals surface area contributed by atoms with Crippen LogP contribution in [0.4, 0.5) is 0 Å². The maximum Gasteiger partial charge on any atom is 0.220 e. The molecule has 0 radical (unpaired) electrons. The molecule has 0 aliphatic carbocycles. The molecule has 5 nitrogen and oxygen atoms in total. The summed E-state index contributed by atoms with van der Waals surface area (Å²) in [6.07, 6.45) is 20.1. The Balaban J connectivity index is 3.96. The molecular formula is C25H52N2O3. The molecule has 0 rings (SSSR count). The van der Waals surface area contributed by atoms with Gasteiger partial charge in [-0.2, -0.15) is 0 Å². The predicted molar refractivity (Wildman–Crippen MR) is 128 cm³/mol. The van der Waals surface area contributed by atoms with E-state index in [1.165, 1.54) is 70.6 Å². The Bertz CT molecular complexity index is 366. The van der Waals surface area contributed by atoms with Crippen molar-refractivity contribution in [2.24, 2.45) is 5.73 Å². The van der Waals surface area contributed by atoms with E-state index >= 15 is 0 Å². The van der Waals surface area contributed by atoms with E-state index in [0.29, 0.717) is 19.6 Å². The minimum Gasteiger partial charge on any atom is -0.395 e. The van der Waals surface area contributed by atoms with Gasteiger partial charge in [-0.3, -0.25) is 4.79 Å². The number of aliphatic hydroxyl groups excluding tert-OH is 1. The first-order valence-electron chi connectivity index (χ1n) is 12.9. The first-order valence-corrected chi connectivity index (χ1v) is 12.9. The quantitative estimate of drug-likeness (QED) is 0.188. The van der Waals surface area contributed by atoms with Crippen LogP contribution in [0.5, 0.6) is 0 Å². The molecule has 0 aromatic carbocycles. The molecule has 0 saturated heterocycles. The lowest BCUT2D eigenvalue weighted by atomic mass is 10.0. The lowest BCUT2D eigenvalue weighted by Crippen LogP contribution is -2.36. The van der Waals surface area contributed by atoms with Crippen molar-refractivity contribution >= 4 is 5.91 Å². The molecule has 0 unspecified atom stereocenters. The van der Waals surface area contributed by atoms with Crippen molar-refractivity contribution in [2.45, 2.75) is 135 Å². The summed E-state index contributed by atoms with van der Waals surface area (Å²) in [6.45, 7) is 5.36. The Morgan fingerprint density at radius 2 is 1.37 bits per heavy atom. The molecule has 0 aliphatic heterocycles. The zero-order valence-corrected chi connectivity index (χ0v) is 20.1. The highest BCUT2D eigenvalue weighted by molar-refractivity contribution is 5.76. The van der Waals surface area contributed by atoms with Gasteiger partial charge in [0.1, 0.15) is 0 Å². The molecular weight excluding hydrogens is 376 g/mol. The summed E-state index contributed by atoms with van der Waals surface area (Å²) in [5.41, 5.74) is 5.67. The molecule has 180 valence electrons. The fraction of sp³-hybridized carbons (Fsp3) is 0.960. The molecule has 1 amide bonds. The van der Waals surface area contributed by atoms with Gasteiger partial charge in [0.05, 0.1) is 19.3 Å². The van der Waals surface area contributed by atoms with Crippen LogP contribution in [0.1, 0.15) is 123 Å². The van der Waals surface area contributed by atoms with Gasteiger partial charge in [-0.05, 0) is 19.3 Å². The Morgan fingerprint density at radius 3 is 1.93 bits per heavy atom. The molecule has 30 heavy (non-hydrogen) atoms. The van der Waals surface area contributed by atoms with E-state index in [1.54, 1.807) is 0 Å². The third kappa shape index (κ3) is 20.6. The van der Waals surface area contributed by atoms with Crippen LogP contribution in [0.25, 0.3) is 0 Å². The zero-order chi connectivity index (χ0) is 22.3. The predicted octanol–water partition coefficient (Wildman–Crippen LogP) is 5.48. The van der Waals surface area contributed by atoms with Gasteiger partial charge in [0, 0.05) is 19.1 Å². The number of rotatable bonds is 23. The van der Waals surface area contributed by atoms with Crippen LogP contribution >= 0.6 is 0 Å². The summed E-state index contributed by atoms with van der Waals surface area (Å²) in [6, 6.07) is -0.137. The SMILES string of the molecule is CCCCCCCCCCCC(=O)N[C@@H](CCCCCCC)CCOC[C@@H](N)CO. The molecule has 0 heterocycles. The fourth-order valence-corrected chi connectivity index (χ4v) is 3.69. The number of hydrogen-bond donors (Lipinski definition) is 3. The van der Waals surface area contributed by atoms with Crippen molar-refractivity contribution in [2.75, 3.05) is 19.8 Å². The van der Waals surface area contributed by atoms with Gasteiger partial charge in [0.2, 0.25) is 5.91 Å². The second-order valence-corrected chi connectivity index (χ2v) is 8.85. The Morgan fingerprint density at radius 1 is 0.833 bits per heavy atom. The molecule has 0 aromatic heterocycles. The maximum atomic E-state index is 12.4. The summed E-state index contributed by atoms with van der Waals surface area (Å²) in [4.78, 5) is 12.4. The average Bonchev–Trinajstić information content (AvgIpc) is 2.74. The van der Waals surface area contributed by atoms with Gasteiger partial charge in [-0.25, -0.2) is 0 Å². The second kappa shape index (κ2) is 23.0. The number of ether oxygens (including phenoxy) is 1. The number of unbranched alkanes of at least 4 members (excludes halogenated alkanes) is 12. The summed E-state index contributed by atoms with van der Waals surface area (Å²) >= 11 is 0. The molecule has 0 spiro atoms. The van der Waals surface area contributed by atoms with Crippen LogP contribution in [0.2, 0.25) is 0 Å². The molecule has 2 atom stereocenters. The lowest BCUT2D eigenvalue weighted by Gasteiger charge is -2.19.